The summed E-state index contributed by atoms with van der Waals surface area (Å²) in [6.45, 7) is 13.2. The number of sulfonamides is 1. The van der Waals surface area contributed by atoms with Crippen molar-refractivity contribution in [1.29, 1.82) is 0 Å². The zero-order valence-electron chi connectivity index (χ0n) is 22.0. The Morgan fingerprint density at radius 3 is 2.35 bits per heavy atom. The molecular formula is C27H34N6O3S. The summed E-state index contributed by atoms with van der Waals surface area (Å²) >= 11 is 0. The van der Waals surface area contributed by atoms with E-state index in [9.17, 15) is 8.42 Å². The topological polar surface area (TPSA) is 108 Å². The Bertz CT molecular complexity index is 1430. The number of hydrogen-bond donors (Lipinski definition) is 3. The van der Waals surface area contributed by atoms with Gasteiger partial charge >= 0.3 is 0 Å². The van der Waals surface area contributed by atoms with Gasteiger partial charge in [0.25, 0.3) is 10.0 Å². The molecule has 196 valence electrons. The van der Waals surface area contributed by atoms with Crippen molar-refractivity contribution in [1.82, 2.24) is 15.3 Å². The van der Waals surface area contributed by atoms with Gasteiger partial charge in [-0.05, 0) is 81.6 Å². The van der Waals surface area contributed by atoms with Gasteiger partial charge in [-0.25, -0.2) is 13.4 Å². The Hall–Kier alpha value is -3.37. The summed E-state index contributed by atoms with van der Waals surface area (Å²) in [5, 5.41) is 6.61. The number of hydrogen-bond acceptors (Lipinski definition) is 8. The predicted octanol–water partition coefficient (Wildman–Crippen LogP) is 4.07. The Kier molecular flexibility index (Phi) is 6.49. The highest BCUT2D eigenvalue weighted by atomic mass is 32.2. The fraction of sp³-hybridized carbons (Fsp3) is 0.407. The molecule has 5 rings (SSSR count). The van der Waals surface area contributed by atoms with Crippen molar-refractivity contribution in [3.05, 3.63) is 58.8 Å². The van der Waals surface area contributed by atoms with Crippen LogP contribution in [0.25, 0.3) is 0 Å². The third kappa shape index (κ3) is 5.08. The average molecular weight is 523 g/mol. The quantitative estimate of drug-likeness (QED) is 0.445. The largest absolute Gasteiger partial charge is 0.487 e. The molecule has 0 aliphatic carbocycles. The summed E-state index contributed by atoms with van der Waals surface area (Å²) in [6.07, 6.45) is 2.42. The lowest BCUT2D eigenvalue weighted by molar-refractivity contribution is 0.137. The third-order valence-electron chi connectivity index (χ3n) is 7.01. The maximum atomic E-state index is 13.5. The van der Waals surface area contributed by atoms with Gasteiger partial charge in [-0.3, -0.25) is 4.72 Å². The zero-order chi connectivity index (χ0) is 26.4. The number of piperazine rings is 1. The molecule has 9 nitrogen and oxygen atoms in total. The summed E-state index contributed by atoms with van der Waals surface area (Å²) in [7, 11) is -3.80. The normalized spacial score (nSPS) is 16.7. The lowest BCUT2D eigenvalue weighted by atomic mass is 9.94. The number of benzene rings is 2. The van der Waals surface area contributed by atoms with E-state index in [-0.39, 0.29) is 5.60 Å². The first kappa shape index (κ1) is 25.3. The molecule has 2 aromatic carbocycles. The van der Waals surface area contributed by atoms with Crippen LogP contribution in [0.2, 0.25) is 0 Å². The van der Waals surface area contributed by atoms with Gasteiger partial charge in [0, 0.05) is 55.7 Å². The molecule has 0 amide bonds. The molecule has 0 atom stereocenters. The second kappa shape index (κ2) is 9.50. The summed E-state index contributed by atoms with van der Waals surface area (Å²) in [5.74, 6) is 2.20. The van der Waals surface area contributed by atoms with E-state index in [0.717, 1.165) is 54.3 Å². The zero-order valence-corrected chi connectivity index (χ0v) is 22.8. The van der Waals surface area contributed by atoms with E-state index in [4.69, 9.17) is 4.74 Å². The van der Waals surface area contributed by atoms with Crippen LogP contribution in [0, 0.1) is 20.8 Å². The number of nitrogens with zero attached hydrogens (tertiary/aromatic N) is 3. The van der Waals surface area contributed by atoms with Crippen LogP contribution in [0.3, 0.4) is 0 Å². The first-order chi connectivity index (χ1) is 17.5. The number of anilines is 4. The summed E-state index contributed by atoms with van der Waals surface area (Å²) in [5.41, 5.74) is 4.24. The maximum absolute atomic E-state index is 13.5. The smallest absolute Gasteiger partial charge is 0.262 e. The highest BCUT2D eigenvalue weighted by Gasteiger charge is 2.36. The van der Waals surface area contributed by atoms with Crippen LogP contribution in [0.15, 0.2) is 41.4 Å². The molecule has 1 fully saturated rings. The van der Waals surface area contributed by atoms with Crippen molar-refractivity contribution in [2.75, 3.05) is 41.1 Å². The molecule has 3 aromatic rings. The SMILES string of the molecule is Cc1c(C)c(S(=O)(=O)Nc2ccc(Nc3ccnc(N4CCNCC4)n3)cc2)c(C)c2c1OC(C)(C)C2. The molecule has 3 heterocycles. The third-order valence-corrected chi connectivity index (χ3v) is 8.67. The summed E-state index contributed by atoms with van der Waals surface area (Å²) in [6, 6.07) is 8.96. The van der Waals surface area contributed by atoms with Crippen molar-refractivity contribution in [2.45, 2.75) is 51.5 Å². The number of fused-ring (bicyclic) bond motifs is 1. The maximum Gasteiger partial charge on any atom is 0.262 e. The summed E-state index contributed by atoms with van der Waals surface area (Å²) in [4.78, 5) is 11.5. The van der Waals surface area contributed by atoms with Crippen LogP contribution in [-0.4, -0.2) is 50.2 Å². The fourth-order valence-corrected chi connectivity index (χ4v) is 6.69. The van der Waals surface area contributed by atoms with E-state index in [1.165, 1.54) is 0 Å². The minimum Gasteiger partial charge on any atom is -0.487 e. The molecule has 0 spiro atoms. The van der Waals surface area contributed by atoms with Crippen LogP contribution in [0.5, 0.6) is 5.75 Å². The minimum atomic E-state index is -3.80. The Balaban J connectivity index is 1.34. The van der Waals surface area contributed by atoms with Gasteiger partial charge in [-0.2, -0.15) is 4.98 Å². The van der Waals surface area contributed by atoms with Crippen LogP contribution >= 0.6 is 0 Å². The van der Waals surface area contributed by atoms with Gasteiger partial charge in [-0.1, -0.05) is 0 Å². The molecule has 0 unspecified atom stereocenters. The number of nitrogens with one attached hydrogen (secondary N) is 3. The molecule has 0 bridgehead atoms. The van der Waals surface area contributed by atoms with Gasteiger partial charge in [0.15, 0.2) is 0 Å². The number of aromatic nitrogens is 2. The standard InChI is InChI=1S/C27H34N6O3S/c1-17-18(2)25(19(3)22-16-27(4,5)36-24(17)22)37(34,35)32-21-8-6-20(7-9-21)30-23-10-11-29-26(31-23)33-14-12-28-13-15-33/h6-11,28,32H,12-16H2,1-5H3,(H,29,30,31). The van der Waals surface area contributed by atoms with Crippen molar-refractivity contribution >= 4 is 33.2 Å². The minimum absolute atomic E-state index is 0.327. The number of rotatable bonds is 6. The first-order valence-corrected chi connectivity index (χ1v) is 14.0. The van der Waals surface area contributed by atoms with Gasteiger partial charge in [0.2, 0.25) is 5.95 Å². The van der Waals surface area contributed by atoms with Gasteiger partial charge in [-0.15, -0.1) is 0 Å². The van der Waals surface area contributed by atoms with Gasteiger partial charge in [0.05, 0.1) is 4.90 Å². The van der Waals surface area contributed by atoms with E-state index >= 15 is 0 Å². The molecule has 1 aromatic heterocycles. The second-order valence-electron chi connectivity index (χ2n) is 10.3. The van der Waals surface area contributed by atoms with Crippen LogP contribution < -0.4 is 25.0 Å². The predicted molar refractivity (Wildman–Crippen MR) is 147 cm³/mol. The highest BCUT2D eigenvalue weighted by molar-refractivity contribution is 7.92. The van der Waals surface area contributed by atoms with E-state index in [2.05, 4.69) is 30.2 Å². The molecule has 3 N–H and O–H groups in total. The second-order valence-corrected chi connectivity index (χ2v) is 12.0. The average Bonchev–Trinajstić information content (AvgIpc) is 3.20. The van der Waals surface area contributed by atoms with E-state index < -0.39 is 10.0 Å². The lowest BCUT2D eigenvalue weighted by Gasteiger charge is -2.27. The molecule has 2 aliphatic rings. The van der Waals surface area contributed by atoms with Crippen molar-refractivity contribution in [3.8, 4) is 5.75 Å². The summed E-state index contributed by atoms with van der Waals surface area (Å²) < 4.78 is 36.0. The van der Waals surface area contributed by atoms with Crippen molar-refractivity contribution in [3.63, 3.8) is 0 Å². The number of ether oxygens (including phenoxy) is 1. The van der Waals surface area contributed by atoms with Gasteiger partial charge in [0.1, 0.15) is 17.2 Å². The van der Waals surface area contributed by atoms with E-state index in [1.807, 2.05) is 52.8 Å². The molecule has 2 aliphatic heterocycles. The van der Waals surface area contributed by atoms with Crippen molar-refractivity contribution in [2.24, 2.45) is 0 Å². The Morgan fingerprint density at radius 2 is 1.65 bits per heavy atom. The Labute approximate surface area is 218 Å². The molecular weight excluding hydrogens is 488 g/mol. The van der Waals surface area contributed by atoms with E-state index in [1.54, 1.807) is 18.3 Å². The van der Waals surface area contributed by atoms with Crippen LogP contribution in [0.1, 0.15) is 36.1 Å². The molecule has 1 saturated heterocycles. The van der Waals surface area contributed by atoms with Crippen LogP contribution in [0.4, 0.5) is 23.1 Å². The molecule has 37 heavy (non-hydrogen) atoms. The monoisotopic (exact) mass is 522 g/mol. The lowest BCUT2D eigenvalue weighted by Crippen LogP contribution is -2.44. The van der Waals surface area contributed by atoms with Crippen LogP contribution in [-0.2, 0) is 16.4 Å². The molecule has 0 saturated carbocycles. The molecule has 0 radical (unpaired) electrons. The Morgan fingerprint density at radius 1 is 0.973 bits per heavy atom. The molecule has 10 heteroatoms. The first-order valence-electron chi connectivity index (χ1n) is 12.5. The van der Waals surface area contributed by atoms with E-state index in [0.29, 0.717) is 34.3 Å². The van der Waals surface area contributed by atoms with Gasteiger partial charge < -0.3 is 20.3 Å². The fourth-order valence-electron chi connectivity index (χ4n) is 5.06. The van der Waals surface area contributed by atoms with Crippen molar-refractivity contribution < 1.29 is 13.2 Å². The highest BCUT2D eigenvalue weighted by Crippen LogP contribution is 2.44.